The van der Waals surface area contributed by atoms with E-state index in [1.165, 1.54) is 0 Å². The van der Waals surface area contributed by atoms with E-state index in [0.29, 0.717) is 4.31 Å². The first kappa shape index (κ1) is 14.5. The maximum Gasteiger partial charge on any atom is 0.402 e. The van der Waals surface area contributed by atoms with Crippen molar-refractivity contribution in [3.63, 3.8) is 0 Å². The summed E-state index contributed by atoms with van der Waals surface area (Å²) in [6.07, 6.45) is -2.53. The second-order valence-electron chi connectivity index (χ2n) is 3.06. The molecule has 0 radical (unpaired) electrons. The highest BCUT2D eigenvalue weighted by Crippen LogP contribution is 2.21. The molecule has 0 saturated heterocycles. The summed E-state index contributed by atoms with van der Waals surface area (Å²) in [5.74, 6) is 0. The molecule has 17 heavy (non-hydrogen) atoms. The Morgan fingerprint density at radius 2 is 2.12 bits per heavy atom. The molecule has 0 atom stereocenters. The molecule has 5 nitrogen and oxygen atoms in total. The monoisotopic (exact) mass is 335 g/mol. The number of hydrogen-bond donors (Lipinski definition) is 1. The van der Waals surface area contributed by atoms with Crippen molar-refractivity contribution in [1.82, 2.24) is 14.3 Å². The normalized spacial score (nSPS) is 13.2. The van der Waals surface area contributed by atoms with Crippen LogP contribution in [0.5, 0.6) is 0 Å². The SMILES string of the molecule is O=S(=O)(c1cnc[nH]1)N(CCBr)CC(F)(F)F. The summed E-state index contributed by atoms with van der Waals surface area (Å²) in [5.41, 5.74) is 0. The minimum absolute atomic E-state index is 0.108. The molecular weight excluding hydrogens is 327 g/mol. The van der Waals surface area contributed by atoms with Gasteiger partial charge in [-0.1, -0.05) is 15.9 Å². The van der Waals surface area contributed by atoms with Crippen LogP contribution in [0.4, 0.5) is 13.2 Å². The molecule has 1 N–H and O–H groups in total. The minimum Gasteiger partial charge on any atom is -0.335 e. The van der Waals surface area contributed by atoms with Crippen molar-refractivity contribution in [2.45, 2.75) is 11.2 Å². The van der Waals surface area contributed by atoms with Crippen molar-refractivity contribution in [1.29, 1.82) is 0 Å². The average molecular weight is 336 g/mol. The fourth-order valence-corrected chi connectivity index (χ4v) is 3.09. The molecule has 10 heteroatoms. The third-order valence-corrected chi connectivity index (χ3v) is 3.91. The molecule has 0 spiro atoms. The van der Waals surface area contributed by atoms with Gasteiger partial charge in [0.05, 0.1) is 12.5 Å². The zero-order chi connectivity index (χ0) is 13.1. The highest BCUT2D eigenvalue weighted by atomic mass is 79.9. The summed E-state index contributed by atoms with van der Waals surface area (Å²) in [6.45, 7) is -1.80. The van der Waals surface area contributed by atoms with E-state index < -0.39 is 22.7 Å². The number of halogens is 4. The van der Waals surface area contributed by atoms with Crippen molar-refractivity contribution in [3.05, 3.63) is 12.5 Å². The molecule has 98 valence electrons. The summed E-state index contributed by atoms with van der Waals surface area (Å²) in [4.78, 5) is 5.75. The van der Waals surface area contributed by atoms with Crippen LogP contribution in [-0.4, -0.2) is 47.3 Å². The second-order valence-corrected chi connectivity index (χ2v) is 5.76. The van der Waals surface area contributed by atoms with Gasteiger partial charge in [-0.2, -0.15) is 17.5 Å². The number of imidazole rings is 1. The summed E-state index contributed by atoms with van der Waals surface area (Å²) in [5, 5.41) is -0.251. The summed E-state index contributed by atoms with van der Waals surface area (Å²) >= 11 is 2.91. The number of sulfonamides is 1. The van der Waals surface area contributed by atoms with Crippen LogP contribution >= 0.6 is 15.9 Å². The Kier molecular flexibility index (Phi) is 4.55. The van der Waals surface area contributed by atoms with E-state index in [2.05, 4.69) is 25.9 Å². The number of aromatic nitrogens is 2. The average Bonchev–Trinajstić information content (AvgIpc) is 2.68. The lowest BCUT2D eigenvalue weighted by atomic mass is 10.6. The smallest absolute Gasteiger partial charge is 0.335 e. The highest BCUT2D eigenvalue weighted by molar-refractivity contribution is 9.09. The fourth-order valence-electron chi connectivity index (χ4n) is 1.10. The molecule has 0 aliphatic rings. The van der Waals surface area contributed by atoms with Gasteiger partial charge in [0.1, 0.15) is 6.54 Å². The van der Waals surface area contributed by atoms with Crippen molar-refractivity contribution in [2.75, 3.05) is 18.4 Å². The van der Waals surface area contributed by atoms with Crippen molar-refractivity contribution >= 4 is 26.0 Å². The minimum atomic E-state index is -4.59. The van der Waals surface area contributed by atoms with Gasteiger partial charge in [-0.3, -0.25) is 0 Å². The van der Waals surface area contributed by atoms with E-state index >= 15 is 0 Å². The lowest BCUT2D eigenvalue weighted by Crippen LogP contribution is -2.40. The second kappa shape index (κ2) is 5.36. The molecular formula is C7H9BrF3N3O2S. The predicted molar refractivity (Wildman–Crippen MR) is 57.2 cm³/mol. The molecule has 1 rings (SSSR count). The topological polar surface area (TPSA) is 66.1 Å². The van der Waals surface area contributed by atoms with Gasteiger partial charge >= 0.3 is 6.18 Å². The van der Waals surface area contributed by atoms with E-state index in [1.54, 1.807) is 0 Å². The molecule has 0 aromatic carbocycles. The molecule has 1 aromatic rings. The predicted octanol–water partition coefficient (Wildman–Crippen LogP) is 1.36. The summed E-state index contributed by atoms with van der Waals surface area (Å²) < 4.78 is 60.7. The third-order valence-electron chi connectivity index (χ3n) is 1.78. The van der Waals surface area contributed by atoms with Crippen LogP contribution in [-0.2, 0) is 10.0 Å². The Hall–Kier alpha value is -0.610. The molecule has 0 bridgehead atoms. The van der Waals surface area contributed by atoms with Gasteiger partial charge in [-0.15, -0.1) is 0 Å². The van der Waals surface area contributed by atoms with E-state index in [4.69, 9.17) is 0 Å². The number of nitrogens with one attached hydrogen (secondary N) is 1. The summed E-state index contributed by atoms with van der Waals surface area (Å²) in [6, 6.07) is 0. The van der Waals surface area contributed by atoms with Gasteiger partial charge in [-0.05, 0) is 0 Å². The highest BCUT2D eigenvalue weighted by Gasteiger charge is 2.37. The van der Waals surface area contributed by atoms with Crippen LogP contribution in [0.2, 0.25) is 0 Å². The van der Waals surface area contributed by atoms with Crippen LogP contribution in [0, 0.1) is 0 Å². The van der Waals surface area contributed by atoms with Crippen molar-refractivity contribution in [3.8, 4) is 0 Å². The molecule has 0 aliphatic carbocycles. The van der Waals surface area contributed by atoms with Gasteiger partial charge in [-0.25, -0.2) is 13.4 Å². The van der Waals surface area contributed by atoms with Crippen molar-refractivity contribution in [2.24, 2.45) is 0 Å². The van der Waals surface area contributed by atoms with Crippen molar-refractivity contribution < 1.29 is 21.6 Å². The van der Waals surface area contributed by atoms with E-state index in [1.807, 2.05) is 0 Å². The van der Waals surface area contributed by atoms with E-state index in [-0.39, 0.29) is 16.9 Å². The Balaban J connectivity index is 2.99. The van der Waals surface area contributed by atoms with Crippen LogP contribution in [0.15, 0.2) is 17.6 Å². The number of aromatic amines is 1. The van der Waals surface area contributed by atoms with Crippen LogP contribution in [0.1, 0.15) is 0 Å². The first-order chi connectivity index (χ1) is 7.77. The Labute approximate surface area is 104 Å². The zero-order valence-corrected chi connectivity index (χ0v) is 10.8. The number of H-pyrrole nitrogens is 1. The maximum absolute atomic E-state index is 12.3. The quantitative estimate of drug-likeness (QED) is 0.826. The lowest BCUT2D eigenvalue weighted by molar-refractivity contribution is -0.135. The summed E-state index contributed by atoms with van der Waals surface area (Å²) in [7, 11) is -4.19. The van der Waals surface area contributed by atoms with Crippen LogP contribution < -0.4 is 0 Å². The molecule has 1 heterocycles. The standard InChI is InChI=1S/C7H9BrF3N3O2S/c8-1-2-14(4-7(9,10)11)17(15,16)6-3-12-5-13-6/h3,5H,1-2,4H2,(H,12,13). The molecule has 0 saturated carbocycles. The molecule has 1 aromatic heterocycles. The fraction of sp³-hybridized carbons (Fsp3) is 0.571. The van der Waals surface area contributed by atoms with Gasteiger partial charge < -0.3 is 4.98 Å². The molecule has 0 fully saturated rings. The van der Waals surface area contributed by atoms with Crippen LogP contribution in [0.3, 0.4) is 0 Å². The number of rotatable bonds is 5. The first-order valence-electron chi connectivity index (χ1n) is 4.38. The zero-order valence-electron chi connectivity index (χ0n) is 8.41. The molecule has 0 amide bonds. The van der Waals surface area contributed by atoms with E-state index in [0.717, 1.165) is 12.5 Å². The van der Waals surface area contributed by atoms with Gasteiger partial charge in [0.2, 0.25) is 0 Å². The van der Waals surface area contributed by atoms with Gasteiger partial charge in [0, 0.05) is 11.9 Å². The van der Waals surface area contributed by atoms with Gasteiger partial charge in [0.15, 0.2) is 5.03 Å². The maximum atomic E-state index is 12.3. The van der Waals surface area contributed by atoms with Gasteiger partial charge in [0.25, 0.3) is 10.0 Å². The van der Waals surface area contributed by atoms with E-state index in [9.17, 15) is 21.6 Å². The Bertz CT molecular complexity index is 445. The number of nitrogens with zero attached hydrogens (tertiary/aromatic N) is 2. The van der Waals surface area contributed by atoms with Crippen LogP contribution in [0.25, 0.3) is 0 Å². The third kappa shape index (κ3) is 3.96. The Morgan fingerprint density at radius 3 is 2.53 bits per heavy atom. The lowest BCUT2D eigenvalue weighted by Gasteiger charge is -2.21. The molecule has 0 aliphatic heterocycles. The number of hydrogen-bond acceptors (Lipinski definition) is 3. The number of alkyl halides is 4. The molecule has 0 unspecified atom stereocenters. The first-order valence-corrected chi connectivity index (χ1v) is 6.95. The Morgan fingerprint density at radius 1 is 1.47 bits per heavy atom. The largest absolute Gasteiger partial charge is 0.402 e.